The molecule has 1 heteroatoms. The van der Waals surface area contributed by atoms with Crippen molar-refractivity contribution in [2.24, 2.45) is 0 Å². The van der Waals surface area contributed by atoms with Crippen molar-refractivity contribution in [2.75, 3.05) is 0 Å². The second-order valence-corrected chi connectivity index (χ2v) is 1.60. The Kier molecular flexibility index (Phi) is 1.48. The summed E-state index contributed by atoms with van der Waals surface area (Å²) < 4.78 is 0. The van der Waals surface area contributed by atoms with E-state index < -0.39 is 0 Å². The SMILES string of the molecule is N#CC1=CC[CH]C=C1. The molecule has 0 amide bonds. The van der Waals surface area contributed by atoms with Gasteiger partial charge in [0.25, 0.3) is 0 Å². The molecule has 1 aliphatic carbocycles. The van der Waals surface area contributed by atoms with Gasteiger partial charge in [-0.05, 0) is 18.9 Å². The number of hydrogen-bond donors (Lipinski definition) is 0. The van der Waals surface area contributed by atoms with E-state index in [9.17, 15) is 0 Å². The first-order valence-corrected chi connectivity index (χ1v) is 2.53. The summed E-state index contributed by atoms with van der Waals surface area (Å²) in [7, 11) is 0. The van der Waals surface area contributed by atoms with E-state index in [0.29, 0.717) is 0 Å². The molecule has 1 nitrogen and oxygen atoms in total. The molecule has 0 aromatic rings. The molecule has 0 unspecified atom stereocenters. The number of hydrogen-bond acceptors (Lipinski definition) is 1. The monoisotopic (exact) mass is 104 g/mol. The summed E-state index contributed by atoms with van der Waals surface area (Å²) in [6, 6.07) is 2.06. The molecular weight excluding hydrogens is 98.1 g/mol. The maximum absolute atomic E-state index is 8.31. The van der Waals surface area contributed by atoms with Crippen LogP contribution in [-0.2, 0) is 0 Å². The van der Waals surface area contributed by atoms with E-state index in [4.69, 9.17) is 5.26 Å². The number of nitriles is 1. The highest BCUT2D eigenvalue weighted by atomic mass is 14.2. The summed E-state index contributed by atoms with van der Waals surface area (Å²) in [5.41, 5.74) is 0.771. The van der Waals surface area contributed by atoms with Crippen molar-refractivity contribution in [3.63, 3.8) is 0 Å². The van der Waals surface area contributed by atoms with Crippen molar-refractivity contribution in [3.8, 4) is 6.07 Å². The fraction of sp³-hybridized carbons (Fsp3) is 0.143. The summed E-state index contributed by atoms with van der Waals surface area (Å²) in [4.78, 5) is 0. The van der Waals surface area contributed by atoms with Gasteiger partial charge in [-0.25, -0.2) is 0 Å². The number of allylic oxidation sites excluding steroid dienone is 4. The van der Waals surface area contributed by atoms with Crippen molar-refractivity contribution in [1.82, 2.24) is 0 Å². The van der Waals surface area contributed by atoms with Gasteiger partial charge in [-0.15, -0.1) is 0 Å². The van der Waals surface area contributed by atoms with E-state index in [-0.39, 0.29) is 0 Å². The highest BCUT2D eigenvalue weighted by Crippen LogP contribution is 2.06. The van der Waals surface area contributed by atoms with Crippen LogP contribution in [0.2, 0.25) is 0 Å². The van der Waals surface area contributed by atoms with Crippen LogP contribution in [0.5, 0.6) is 0 Å². The first-order chi connectivity index (χ1) is 3.93. The van der Waals surface area contributed by atoms with Gasteiger partial charge in [0.2, 0.25) is 0 Å². The molecule has 8 heavy (non-hydrogen) atoms. The molecule has 1 rings (SSSR count). The third-order valence-corrected chi connectivity index (χ3v) is 1.01. The van der Waals surface area contributed by atoms with Crippen LogP contribution in [0.1, 0.15) is 6.42 Å². The lowest BCUT2D eigenvalue weighted by Crippen LogP contribution is -1.79. The van der Waals surface area contributed by atoms with Crippen molar-refractivity contribution in [1.29, 1.82) is 5.26 Å². The first kappa shape index (κ1) is 5.11. The van der Waals surface area contributed by atoms with E-state index in [0.717, 1.165) is 12.0 Å². The minimum Gasteiger partial charge on any atom is -0.192 e. The fourth-order valence-corrected chi connectivity index (χ4v) is 0.596. The Balaban J connectivity index is 2.68. The van der Waals surface area contributed by atoms with Crippen LogP contribution >= 0.6 is 0 Å². The quantitative estimate of drug-likeness (QED) is 0.458. The zero-order valence-electron chi connectivity index (χ0n) is 4.46. The van der Waals surface area contributed by atoms with Gasteiger partial charge in [-0.1, -0.05) is 12.2 Å². The molecule has 0 heterocycles. The Bertz CT molecular complexity index is 169. The van der Waals surface area contributed by atoms with E-state index >= 15 is 0 Å². The average molecular weight is 104 g/mol. The van der Waals surface area contributed by atoms with Crippen LogP contribution in [0.4, 0.5) is 0 Å². The Morgan fingerprint density at radius 3 is 2.88 bits per heavy atom. The summed E-state index contributed by atoms with van der Waals surface area (Å²) >= 11 is 0. The third kappa shape index (κ3) is 0.974. The molecule has 1 radical (unpaired) electrons. The lowest BCUT2D eigenvalue weighted by molar-refractivity contribution is 1.24. The van der Waals surface area contributed by atoms with E-state index in [2.05, 4.69) is 6.07 Å². The first-order valence-electron chi connectivity index (χ1n) is 2.53. The van der Waals surface area contributed by atoms with Crippen molar-refractivity contribution < 1.29 is 0 Å². The van der Waals surface area contributed by atoms with Gasteiger partial charge in [0.05, 0.1) is 6.07 Å². The summed E-state index contributed by atoms with van der Waals surface area (Å²) in [5.74, 6) is 0. The smallest absolute Gasteiger partial charge is 0.0988 e. The molecule has 0 saturated heterocycles. The van der Waals surface area contributed by atoms with Gasteiger partial charge in [0.15, 0.2) is 0 Å². The molecule has 0 spiro atoms. The average Bonchev–Trinajstić information content (AvgIpc) is 1.90. The molecule has 39 valence electrons. The highest BCUT2D eigenvalue weighted by molar-refractivity contribution is 5.37. The normalized spacial score (nSPS) is 17.1. The minimum atomic E-state index is 0.771. The van der Waals surface area contributed by atoms with Crippen LogP contribution in [0.25, 0.3) is 0 Å². The van der Waals surface area contributed by atoms with Gasteiger partial charge >= 0.3 is 0 Å². The van der Waals surface area contributed by atoms with E-state index in [1.54, 1.807) is 0 Å². The van der Waals surface area contributed by atoms with Gasteiger partial charge in [0, 0.05) is 5.57 Å². The van der Waals surface area contributed by atoms with Gasteiger partial charge in [0.1, 0.15) is 0 Å². The molecule has 0 bridgehead atoms. The summed E-state index contributed by atoms with van der Waals surface area (Å²) in [6.07, 6.45) is 8.53. The zero-order chi connectivity index (χ0) is 5.82. The Hall–Kier alpha value is -1.03. The maximum Gasteiger partial charge on any atom is 0.0988 e. The molecule has 0 saturated carbocycles. The largest absolute Gasteiger partial charge is 0.192 e. The summed E-state index contributed by atoms with van der Waals surface area (Å²) in [5, 5.41) is 8.31. The topological polar surface area (TPSA) is 23.8 Å². The predicted molar refractivity (Wildman–Crippen MR) is 31.8 cm³/mol. The Morgan fingerprint density at radius 1 is 1.62 bits per heavy atom. The van der Waals surface area contributed by atoms with E-state index in [1.165, 1.54) is 0 Å². The highest BCUT2D eigenvalue weighted by Gasteiger charge is 1.91. The molecule has 0 aliphatic heterocycles. The van der Waals surface area contributed by atoms with Crippen LogP contribution in [0.15, 0.2) is 23.8 Å². The van der Waals surface area contributed by atoms with Gasteiger partial charge in [-0.2, -0.15) is 5.26 Å². The molecule has 0 atom stereocenters. The zero-order valence-corrected chi connectivity index (χ0v) is 4.46. The number of rotatable bonds is 0. The lowest BCUT2D eigenvalue weighted by Gasteiger charge is -1.94. The van der Waals surface area contributed by atoms with E-state index in [1.807, 2.05) is 24.6 Å². The molecule has 0 fully saturated rings. The molecular formula is C7H6N. The van der Waals surface area contributed by atoms with Crippen molar-refractivity contribution in [3.05, 3.63) is 30.2 Å². The van der Waals surface area contributed by atoms with Crippen LogP contribution in [0, 0.1) is 17.8 Å². The second kappa shape index (κ2) is 2.32. The van der Waals surface area contributed by atoms with Crippen LogP contribution in [-0.4, -0.2) is 0 Å². The summed E-state index contributed by atoms with van der Waals surface area (Å²) in [6.45, 7) is 0. The maximum atomic E-state index is 8.31. The predicted octanol–water partition coefficient (Wildman–Crippen LogP) is 1.60. The Labute approximate surface area is 48.9 Å². The molecule has 0 aromatic heterocycles. The van der Waals surface area contributed by atoms with Crippen LogP contribution in [0.3, 0.4) is 0 Å². The van der Waals surface area contributed by atoms with Crippen LogP contribution < -0.4 is 0 Å². The molecule has 1 aliphatic rings. The van der Waals surface area contributed by atoms with Crippen molar-refractivity contribution >= 4 is 0 Å². The Morgan fingerprint density at radius 2 is 2.50 bits per heavy atom. The number of nitrogens with zero attached hydrogens (tertiary/aromatic N) is 1. The lowest BCUT2D eigenvalue weighted by atomic mass is 10.1. The second-order valence-electron chi connectivity index (χ2n) is 1.60. The van der Waals surface area contributed by atoms with Crippen molar-refractivity contribution in [2.45, 2.75) is 6.42 Å². The van der Waals surface area contributed by atoms with Gasteiger partial charge in [-0.3, -0.25) is 0 Å². The standard InChI is InChI=1S/C7H6N/c8-6-7-4-2-1-3-5-7/h1-2,4-5H,3H2. The third-order valence-electron chi connectivity index (χ3n) is 1.01. The molecule has 0 aromatic carbocycles. The minimum absolute atomic E-state index is 0.771. The fourth-order valence-electron chi connectivity index (χ4n) is 0.596. The van der Waals surface area contributed by atoms with Gasteiger partial charge < -0.3 is 0 Å². The molecule has 0 N–H and O–H groups in total.